The molecular weight excluding hydrogens is 292 g/mol. The van der Waals surface area contributed by atoms with Gasteiger partial charge in [0.2, 0.25) is 0 Å². The lowest BCUT2D eigenvalue weighted by Crippen LogP contribution is -2.32. The van der Waals surface area contributed by atoms with Crippen LogP contribution in [0.4, 0.5) is 17.5 Å². The number of aliphatic hydroxyl groups is 1. The molecule has 1 aliphatic rings. The van der Waals surface area contributed by atoms with Crippen molar-refractivity contribution in [1.29, 1.82) is 0 Å². The maximum absolute atomic E-state index is 9.43. The third-order valence-electron chi connectivity index (χ3n) is 3.94. The van der Waals surface area contributed by atoms with E-state index in [2.05, 4.69) is 30.5 Å². The predicted octanol–water partition coefficient (Wildman–Crippen LogP) is 1.36. The number of nitrogens with one attached hydrogen (secondary N) is 2. The molecule has 1 aliphatic heterocycles. The summed E-state index contributed by atoms with van der Waals surface area (Å²) in [6.07, 6.45) is 5.43. The van der Waals surface area contributed by atoms with E-state index < -0.39 is 0 Å². The summed E-state index contributed by atoms with van der Waals surface area (Å²) in [6.45, 7) is 2.58. The zero-order valence-electron chi connectivity index (χ0n) is 13.0. The van der Waals surface area contributed by atoms with E-state index in [0.29, 0.717) is 0 Å². The summed E-state index contributed by atoms with van der Waals surface area (Å²) < 4.78 is 0. The maximum Gasteiger partial charge on any atom is 0.134 e. The van der Waals surface area contributed by atoms with Gasteiger partial charge in [-0.1, -0.05) is 6.07 Å². The first-order chi connectivity index (χ1) is 11.4. The van der Waals surface area contributed by atoms with Crippen molar-refractivity contribution >= 4 is 17.5 Å². The number of hydrogen-bond donors (Lipinski definition) is 3. The van der Waals surface area contributed by atoms with Gasteiger partial charge in [0.05, 0.1) is 12.6 Å². The van der Waals surface area contributed by atoms with Gasteiger partial charge >= 0.3 is 0 Å². The Morgan fingerprint density at radius 2 is 2.00 bits per heavy atom. The first kappa shape index (κ1) is 15.5. The number of pyridine rings is 1. The van der Waals surface area contributed by atoms with Crippen molar-refractivity contribution in [2.45, 2.75) is 18.9 Å². The normalized spacial score (nSPS) is 17.3. The minimum Gasteiger partial charge on any atom is -0.394 e. The van der Waals surface area contributed by atoms with E-state index in [9.17, 15) is 5.11 Å². The van der Waals surface area contributed by atoms with Crippen LogP contribution in [0.5, 0.6) is 0 Å². The number of nitrogens with zero attached hydrogens (tertiary/aromatic N) is 4. The molecule has 2 aromatic heterocycles. The molecule has 122 valence electrons. The Bertz CT molecular complexity index is 609. The predicted molar refractivity (Wildman–Crippen MR) is 90.7 cm³/mol. The summed E-state index contributed by atoms with van der Waals surface area (Å²) in [6, 6.07) is 7.89. The molecule has 1 saturated heterocycles. The van der Waals surface area contributed by atoms with E-state index in [1.807, 2.05) is 24.3 Å². The minimum absolute atomic E-state index is 0.167. The van der Waals surface area contributed by atoms with Gasteiger partial charge in [0.1, 0.15) is 23.8 Å². The van der Waals surface area contributed by atoms with Crippen molar-refractivity contribution in [3.05, 3.63) is 36.8 Å². The molecular formula is C16H22N6O. The number of aromatic nitrogens is 3. The van der Waals surface area contributed by atoms with Crippen LogP contribution in [-0.2, 0) is 0 Å². The van der Waals surface area contributed by atoms with Crippen LogP contribution in [0.1, 0.15) is 12.8 Å². The fraction of sp³-hybridized carbons (Fsp3) is 0.438. The van der Waals surface area contributed by atoms with Crippen LogP contribution < -0.4 is 15.5 Å². The third-order valence-corrected chi connectivity index (χ3v) is 3.94. The van der Waals surface area contributed by atoms with Crippen LogP contribution >= 0.6 is 0 Å². The highest BCUT2D eigenvalue weighted by Crippen LogP contribution is 2.24. The molecule has 0 saturated carbocycles. The molecule has 0 radical (unpaired) electrons. The van der Waals surface area contributed by atoms with Gasteiger partial charge in [0.25, 0.3) is 0 Å². The Kier molecular flexibility index (Phi) is 5.21. The highest BCUT2D eigenvalue weighted by Gasteiger charge is 2.24. The monoisotopic (exact) mass is 314 g/mol. The van der Waals surface area contributed by atoms with Gasteiger partial charge in [0.15, 0.2) is 0 Å². The molecule has 0 aromatic carbocycles. The van der Waals surface area contributed by atoms with Crippen molar-refractivity contribution < 1.29 is 5.11 Å². The molecule has 7 nitrogen and oxygen atoms in total. The lowest BCUT2D eigenvalue weighted by atomic mass is 10.2. The van der Waals surface area contributed by atoms with Crippen LogP contribution in [0.15, 0.2) is 36.8 Å². The van der Waals surface area contributed by atoms with Gasteiger partial charge < -0.3 is 20.6 Å². The fourth-order valence-electron chi connectivity index (χ4n) is 2.78. The van der Waals surface area contributed by atoms with Crippen LogP contribution in [0, 0.1) is 0 Å². The Hall–Kier alpha value is -2.41. The summed E-state index contributed by atoms with van der Waals surface area (Å²) in [7, 11) is 0. The molecule has 0 aliphatic carbocycles. The van der Waals surface area contributed by atoms with E-state index in [1.54, 1.807) is 12.5 Å². The summed E-state index contributed by atoms with van der Waals surface area (Å²) >= 11 is 0. The van der Waals surface area contributed by atoms with Gasteiger partial charge in [-0.2, -0.15) is 0 Å². The molecule has 3 rings (SSSR count). The van der Waals surface area contributed by atoms with Gasteiger partial charge in [-0.3, -0.25) is 0 Å². The summed E-state index contributed by atoms with van der Waals surface area (Å²) in [5, 5.41) is 16.0. The SMILES string of the molecule is OC[C@@H]1CCCN1c1cc(NCCNc2ccccn2)ncn1. The Morgan fingerprint density at radius 1 is 1.13 bits per heavy atom. The first-order valence-corrected chi connectivity index (χ1v) is 7.95. The van der Waals surface area contributed by atoms with E-state index in [1.165, 1.54) is 0 Å². The Balaban J connectivity index is 1.51. The zero-order valence-corrected chi connectivity index (χ0v) is 13.0. The molecule has 0 spiro atoms. The highest BCUT2D eigenvalue weighted by atomic mass is 16.3. The highest BCUT2D eigenvalue weighted by molar-refractivity contribution is 5.50. The molecule has 3 heterocycles. The number of aliphatic hydroxyl groups excluding tert-OH is 1. The largest absolute Gasteiger partial charge is 0.394 e. The molecule has 2 aromatic rings. The molecule has 3 N–H and O–H groups in total. The number of hydrogen-bond acceptors (Lipinski definition) is 7. The van der Waals surface area contributed by atoms with E-state index >= 15 is 0 Å². The van der Waals surface area contributed by atoms with Crippen molar-refractivity contribution in [1.82, 2.24) is 15.0 Å². The molecule has 1 fully saturated rings. The average molecular weight is 314 g/mol. The van der Waals surface area contributed by atoms with Crippen molar-refractivity contribution in [2.75, 3.05) is 41.8 Å². The molecule has 0 unspecified atom stereocenters. The Labute approximate surface area is 135 Å². The van der Waals surface area contributed by atoms with Gasteiger partial charge in [-0.25, -0.2) is 15.0 Å². The number of anilines is 3. The first-order valence-electron chi connectivity index (χ1n) is 7.95. The summed E-state index contributed by atoms with van der Waals surface area (Å²) in [5.41, 5.74) is 0. The second-order valence-electron chi connectivity index (χ2n) is 5.50. The molecule has 7 heteroatoms. The van der Waals surface area contributed by atoms with Crippen LogP contribution in [0.25, 0.3) is 0 Å². The van der Waals surface area contributed by atoms with Crippen LogP contribution in [0.2, 0.25) is 0 Å². The smallest absolute Gasteiger partial charge is 0.134 e. The summed E-state index contributed by atoms with van der Waals surface area (Å²) in [5.74, 6) is 2.53. The van der Waals surface area contributed by atoms with E-state index in [4.69, 9.17) is 0 Å². The van der Waals surface area contributed by atoms with Crippen molar-refractivity contribution in [2.24, 2.45) is 0 Å². The van der Waals surface area contributed by atoms with Crippen LogP contribution in [-0.4, -0.2) is 52.3 Å². The second kappa shape index (κ2) is 7.73. The Morgan fingerprint density at radius 3 is 2.78 bits per heavy atom. The van der Waals surface area contributed by atoms with Crippen molar-refractivity contribution in [3.63, 3.8) is 0 Å². The van der Waals surface area contributed by atoms with Crippen molar-refractivity contribution in [3.8, 4) is 0 Å². The van der Waals surface area contributed by atoms with Gasteiger partial charge in [0, 0.05) is 31.9 Å². The van der Waals surface area contributed by atoms with E-state index in [-0.39, 0.29) is 12.6 Å². The zero-order chi connectivity index (χ0) is 15.9. The minimum atomic E-state index is 0.167. The quantitative estimate of drug-likeness (QED) is 0.665. The lowest BCUT2D eigenvalue weighted by Gasteiger charge is -2.24. The second-order valence-corrected chi connectivity index (χ2v) is 5.50. The molecule has 23 heavy (non-hydrogen) atoms. The molecule has 0 amide bonds. The third kappa shape index (κ3) is 4.07. The van der Waals surface area contributed by atoms with Crippen LogP contribution in [0.3, 0.4) is 0 Å². The topological polar surface area (TPSA) is 86.2 Å². The fourth-order valence-corrected chi connectivity index (χ4v) is 2.78. The standard InChI is InChI=1S/C16H22N6O/c23-11-13-4-3-9-22(13)16-10-15(20-12-21-16)19-8-7-18-14-5-1-2-6-17-14/h1-2,5-6,10,12-13,23H,3-4,7-9,11H2,(H,17,18)(H,19,20,21)/t13-/m0/s1. The van der Waals surface area contributed by atoms with Gasteiger partial charge in [-0.15, -0.1) is 0 Å². The average Bonchev–Trinajstić information content (AvgIpc) is 3.09. The molecule has 1 atom stereocenters. The van der Waals surface area contributed by atoms with E-state index in [0.717, 1.165) is 49.9 Å². The summed E-state index contributed by atoms with van der Waals surface area (Å²) in [4.78, 5) is 14.9. The molecule has 0 bridgehead atoms. The maximum atomic E-state index is 9.43. The number of rotatable bonds is 7. The van der Waals surface area contributed by atoms with Gasteiger partial charge in [-0.05, 0) is 25.0 Å². The lowest BCUT2D eigenvalue weighted by molar-refractivity contribution is 0.266.